The second-order valence-electron chi connectivity index (χ2n) is 1.64. The highest BCUT2D eigenvalue weighted by Crippen LogP contribution is 1.95. The van der Waals surface area contributed by atoms with Gasteiger partial charge in [0.25, 0.3) is 3.60 Å². The van der Waals surface area contributed by atoms with Crippen molar-refractivity contribution in [3.63, 3.8) is 0 Å². The molecule has 0 aliphatic rings. The molecule has 0 amide bonds. The first-order valence-electron chi connectivity index (χ1n) is 2.78. The van der Waals surface area contributed by atoms with E-state index in [9.17, 15) is 4.79 Å². The van der Waals surface area contributed by atoms with E-state index in [1.54, 1.807) is 0 Å². The predicted octanol–water partition coefficient (Wildman–Crippen LogP) is 3.17. The molecule has 0 aliphatic carbocycles. The highest BCUT2D eigenvalue weighted by atomic mass is 79.9. The molecule has 0 fully saturated rings. The van der Waals surface area contributed by atoms with Crippen LogP contribution in [0.1, 0.15) is 0 Å². The van der Waals surface area contributed by atoms with Crippen molar-refractivity contribution in [2.45, 2.75) is 0 Å². The Bertz CT molecular complexity index is 209. The van der Waals surface area contributed by atoms with Gasteiger partial charge >= 0.3 is 0 Å². The number of carbonyl (C=O) groups excluding carboxylic acids is 1. The molecule has 2 N–H and O–H groups in total. The van der Waals surface area contributed by atoms with Crippen LogP contribution in [0.25, 0.3) is 0 Å². The normalized spacial score (nSPS) is 7.82. The number of halogens is 2. The van der Waals surface area contributed by atoms with E-state index in [0.29, 0.717) is 0 Å². The van der Waals surface area contributed by atoms with E-state index in [1.165, 1.54) is 0 Å². The first kappa shape index (κ1) is 10.7. The maximum absolute atomic E-state index is 9.28. The van der Waals surface area contributed by atoms with Crippen molar-refractivity contribution in [3.8, 4) is 0 Å². The lowest BCUT2D eigenvalue weighted by Gasteiger charge is -1.83. The lowest BCUT2D eigenvalue weighted by Crippen LogP contribution is -1.79. The molecular formula is C7H7Br2NO. The number of hydrogen-bond acceptors (Lipinski definition) is 2. The van der Waals surface area contributed by atoms with Crippen LogP contribution >= 0.6 is 31.9 Å². The van der Waals surface area contributed by atoms with Crippen molar-refractivity contribution in [2.75, 3.05) is 5.73 Å². The van der Waals surface area contributed by atoms with Gasteiger partial charge in [-0.25, -0.2) is 0 Å². The molecule has 11 heavy (non-hydrogen) atoms. The first-order valence-corrected chi connectivity index (χ1v) is 4.37. The van der Waals surface area contributed by atoms with Gasteiger partial charge in [-0.1, -0.05) is 18.2 Å². The highest BCUT2D eigenvalue weighted by molar-refractivity contribution is 9.39. The minimum Gasteiger partial charge on any atom is -0.399 e. The van der Waals surface area contributed by atoms with E-state index < -0.39 is 0 Å². The third-order valence-electron chi connectivity index (χ3n) is 0.800. The molecule has 4 heteroatoms. The molecule has 0 aliphatic heterocycles. The maximum atomic E-state index is 9.28. The van der Waals surface area contributed by atoms with Crippen molar-refractivity contribution in [1.29, 1.82) is 0 Å². The molecule has 0 saturated heterocycles. The van der Waals surface area contributed by atoms with Crippen LogP contribution in [0.3, 0.4) is 0 Å². The second kappa shape index (κ2) is 6.37. The molecule has 0 saturated carbocycles. The smallest absolute Gasteiger partial charge is 0.262 e. The molecule has 1 rings (SSSR count). The number of hydrogen-bond donors (Lipinski definition) is 1. The van der Waals surface area contributed by atoms with E-state index in [4.69, 9.17) is 5.73 Å². The summed E-state index contributed by atoms with van der Waals surface area (Å²) >= 11 is 5.10. The van der Waals surface area contributed by atoms with Crippen LogP contribution in [0, 0.1) is 0 Å². The molecular weight excluding hydrogens is 274 g/mol. The lowest BCUT2D eigenvalue weighted by atomic mass is 10.3. The van der Waals surface area contributed by atoms with Gasteiger partial charge in [0, 0.05) is 37.5 Å². The number of benzene rings is 1. The van der Waals surface area contributed by atoms with Crippen molar-refractivity contribution >= 4 is 41.1 Å². The topological polar surface area (TPSA) is 43.1 Å². The molecule has 2 nitrogen and oxygen atoms in total. The van der Waals surface area contributed by atoms with Gasteiger partial charge in [-0.15, -0.1) is 0 Å². The molecule has 60 valence electrons. The van der Waals surface area contributed by atoms with Gasteiger partial charge in [0.2, 0.25) is 0 Å². The van der Waals surface area contributed by atoms with Gasteiger partial charge in [0.1, 0.15) is 0 Å². The van der Waals surface area contributed by atoms with Gasteiger partial charge in [-0.3, -0.25) is 4.79 Å². The fraction of sp³-hybridized carbons (Fsp3) is 0. The summed E-state index contributed by atoms with van der Waals surface area (Å²) in [7, 11) is 0. The zero-order chi connectivity index (χ0) is 8.69. The van der Waals surface area contributed by atoms with Gasteiger partial charge in [0.05, 0.1) is 0 Å². The van der Waals surface area contributed by atoms with Gasteiger partial charge in [-0.2, -0.15) is 0 Å². The minimum atomic E-state index is -0.208. The van der Waals surface area contributed by atoms with Crippen LogP contribution < -0.4 is 5.73 Å². The lowest BCUT2D eigenvalue weighted by molar-refractivity contribution is 0.278. The molecule has 0 bridgehead atoms. The Hall–Kier alpha value is -0.350. The van der Waals surface area contributed by atoms with Crippen LogP contribution in [0.4, 0.5) is 10.5 Å². The Kier molecular flexibility index (Phi) is 6.16. The van der Waals surface area contributed by atoms with E-state index in [2.05, 4.69) is 31.9 Å². The van der Waals surface area contributed by atoms with Crippen molar-refractivity contribution in [3.05, 3.63) is 30.3 Å². The average molecular weight is 281 g/mol. The van der Waals surface area contributed by atoms with Crippen LogP contribution in [-0.2, 0) is 0 Å². The fourth-order valence-corrected chi connectivity index (χ4v) is 0.453. The molecule has 0 unspecified atom stereocenters. The average Bonchev–Trinajstić information content (AvgIpc) is 1.87. The maximum Gasteiger partial charge on any atom is 0.262 e. The van der Waals surface area contributed by atoms with Crippen molar-refractivity contribution < 1.29 is 4.79 Å². The molecule has 0 spiro atoms. The summed E-state index contributed by atoms with van der Waals surface area (Å²) < 4.78 is -0.208. The van der Waals surface area contributed by atoms with E-state index in [0.717, 1.165) is 5.69 Å². The third kappa shape index (κ3) is 9.65. The predicted molar refractivity (Wildman–Crippen MR) is 54.1 cm³/mol. The number of anilines is 1. The number of para-hydroxylation sites is 1. The summed E-state index contributed by atoms with van der Waals surface area (Å²) in [6.07, 6.45) is 0. The van der Waals surface area contributed by atoms with Crippen molar-refractivity contribution in [1.82, 2.24) is 0 Å². The first-order chi connectivity index (χ1) is 5.13. The molecule has 0 atom stereocenters. The summed E-state index contributed by atoms with van der Waals surface area (Å²) in [5.74, 6) is 0. The zero-order valence-electron chi connectivity index (χ0n) is 5.63. The molecule has 1 aromatic rings. The number of rotatable bonds is 0. The van der Waals surface area contributed by atoms with E-state index >= 15 is 0 Å². The number of nitrogens with two attached hydrogens (primary N) is 1. The quantitative estimate of drug-likeness (QED) is 0.586. The van der Waals surface area contributed by atoms with Crippen molar-refractivity contribution in [2.24, 2.45) is 0 Å². The summed E-state index contributed by atoms with van der Waals surface area (Å²) in [4.78, 5) is 9.28. The minimum absolute atomic E-state index is 0.208. The van der Waals surface area contributed by atoms with Crippen LogP contribution in [0.5, 0.6) is 0 Å². The molecule has 0 heterocycles. The van der Waals surface area contributed by atoms with Gasteiger partial charge < -0.3 is 5.73 Å². The second-order valence-corrected chi connectivity index (χ2v) is 4.14. The molecule has 1 aromatic carbocycles. The Labute approximate surface area is 82.0 Å². The van der Waals surface area contributed by atoms with Gasteiger partial charge in [-0.05, 0) is 12.1 Å². The Morgan fingerprint density at radius 1 is 1.18 bits per heavy atom. The summed E-state index contributed by atoms with van der Waals surface area (Å²) in [5.41, 5.74) is 6.18. The summed E-state index contributed by atoms with van der Waals surface area (Å²) in [6.45, 7) is 0. The van der Waals surface area contributed by atoms with E-state index in [-0.39, 0.29) is 3.60 Å². The highest BCUT2D eigenvalue weighted by Gasteiger charge is 1.72. The summed E-state index contributed by atoms with van der Waals surface area (Å²) in [6, 6.07) is 9.49. The van der Waals surface area contributed by atoms with Crippen LogP contribution in [0.2, 0.25) is 0 Å². The molecule has 0 radical (unpaired) electrons. The Morgan fingerprint density at radius 3 is 1.73 bits per heavy atom. The van der Waals surface area contributed by atoms with Crippen LogP contribution in [-0.4, -0.2) is 3.60 Å². The number of nitrogen functional groups attached to an aromatic ring is 1. The van der Waals surface area contributed by atoms with E-state index in [1.807, 2.05) is 30.3 Å². The Morgan fingerprint density at radius 2 is 1.55 bits per heavy atom. The Balaban J connectivity index is 0.000000218. The largest absolute Gasteiger partial charge is 0.399 e. The molecule has 0 aromatic heterocycles. The SMILES string of the molecule is Nc1ccccc1.O=C(Br)Br. The van der Waals surface area contributed by atoms with Gasteiger partial charge in [0.15, 0.2) is 0 Å². The number of carbonyl (C=O) groups is 1. The fourth-order valence-electron chi connectivity index (χ4n) is 0.453. The van der Waals surface area contributed by atoms with Crippen LogP contribution in [0.15, 0.2) is 30.3 Å². The standard InChI is InChI=1S/C6H7N.CBr2O/c7-6-4-2-1-3-5-6;2-1(3)4/h1-5H,7H2;. The zero-order valence-corrected chi connectivity index (χ0v) is 8.80. The summed E-state index contributed by atoms with van der Waals surface area (Å²) in [5, 5.41) is 0. The monoisotopic (exact) mass is 279 g/mol. The third-order valence-corrected chi connectivity index (χ3v) is 0.800.